The van der Waals surface area contributed by atoms with Crippen LogP contribution < -0.4 is 0 Å². The molecule has 0 aliphatic heterocycles. The number of aliphatic hydroxyl groups is 1. The standard InChI is InChI=1S/C14H14BrFOS/c1-2-12-3-4-14(18-12)13(17)7-9-5-10(15)8-11(16)6-9/h3-6,8,13,17H,2,7H2,1H3. The Kier molecular flexibility index (Phi) is 4.54. The number of hydrogen-bond acceptors (Lipinski definition) is 2. The predicted octanol–water partition coefficient (Wildman–Crippen LogP) is 4.49. The van der Waals surface area contributed by atoms with Crippen molar-refractivity contribution >= 4 is 27.3 Å². The van der Waals surface area contributed by atoms with Crippen molar-refractivity contribution < 1.29 is 9.50 Å². The van der Waals surface area contributed by atoms with Gasteiger partial charge in [0.1, 0.15) is 5.82 Å². The van der Waals surface area contributed by atoms with Crippen LogP contribution in [-0.2, 0) is 12.8 Å². The Bertz CT molecular complexity index is 518. The predicted molar refractivity (Wildman–Crippen MR) is 76.5 cm³/mol. The van der Waals surface area contributed by atoms with E-state index in [-0.39, 0.29) is 5.82 Å². The van der Waals surface area contributed by atoms with Crippen LogP contribution in [0.15, 0.2) is 34.8 Å². The van der Waals surface area contributed by atoms with Crippen LogP contribution in [-0.4, -0.2) is 5.11 Å². The molecule has 0 aliphatic rings. The second-order valence-electron chi connectivity index (χ2n) is 4.16. The molecule has 0 fully saturated rings. The van der Waals surface area contributed by atoms with Crippen LogP contribution in [0.3, 0.4) is 0 Å². The molecule has 0 bridgehead atoms. The monoisotopic (exact) mass is 328 g/mol. The molecule has 0 spiro atoms. The van der Waals surface area contributed by atoms with E-state index in [1.807, 2.05) is 18.2 Å². The highest BCUT2D eigenvalue weighted by atomic mass is 79.9. The van der Waals surface area contributed by atoms with Crippen molar-refractivity contribution in [1.82, 2.24) is 0 Å². The first-order valence-electron chi connectivity index (χ1n) is 5.80. The van der Waals surface area contributed by atoms with Gasteiger partial charge >= 0.3 is 0 Å². The van der Waals surface area contributed by atoms with Crippen molar-refractivity contribution in [3.05, 3.63) is 55.9 Å². The number of rotatable bonds is 4. The zero-order valence-corrected chi connectivity index (χ0v) is 12.4. The molecule has 1 N–H and O–H groups in total. The molecule has 1 aromatic heterocycles. The van der Waals surface area contributed by atoms with Crippen LogP contribution in [0.25, 0.3) is 0 Å². The third-order valence-electron chi connectivity index (χ3n) is 2.71. The molecule has 4 heteroatoms. The van der Waals surface area contributed by atoms with Gasteiger partial charge in [-0.3, -0.25) is 0 Å². The van der Waals surface area contributed by atoms with E-state index in [0.717, 1.165) is 16.9 Å². The third-order valence-corrected chi connectivity index (χ3v) is 4.50. The Hall–Kier alpha value is -0.710. The molecule has 0 aliphatic carbocycles. The fourth-order valence-corrected chi connectivity index (χ4v) is 3.27. The number of thiophene rings is 1. The van der Waals surface area contributed by atoms with Gasteiger partial charge in [0.05, 0.1) is 6.10 Å². The summed E-state index contributed by atoms with van der Waals surface area (Å²) in [7, 11) is 0. The van der Waals surface area contributed by atoms with Gasteiger partial charge in [0.15, 0.2) is 0 Å². The van der Waals surface area contributed by atoms with Crippen molar-refractivity contribution in [2.75, 3.05) is 0 Å². The van der Waals surface area contributed by atoms with Crippen molar-refractivity contribution in [1.29, 1.82) is 0 Å². The molecule has 1 heterocycles. The normalized spacial score (nSPS) is 12.7. The lowest BCUT2D eigenvalue weighted by Crippen LogP contribution is -2.00. The lowest BCUT2D eigenvalue weighted by atomic mass is 10.1. The molecule has 0 saturated heterocycles. The van der Waals surface area contributed by atoms with Gasteiger partial charge in [0, 0.05) is 20.6 Å². The number of aliphatic hydroxyl groups excluding tert-OH is 1. The van der Waals surface area contributed by atoms with Crippen LogP contribution in [0.2, 0.25) is 0 Å². The average Bonchev–Trinajstić information content (AvgIpc) is 2.75. The molecule has 96 valence electrons. The zero-order valence-electron chi connectivity index (χ0n) is 9.99. The molecule has 1 atom stereocenters. The van der Waals surface area contributed by atoms with Crippen molar-refractivity contribution in [3.63, 3.8) is 0 Å². The van der Waals surface area contributed by atoms with Crippen molar-refractivity contribution in [2.24, 2.45) is 0 Å². The summed E-state index contributed by atoms with van der Waals surface area (Å²) in [5, 5.41) is 10.1. The van der Waals surface area contributed by atoms with Crippen LogP contribution in [0.5, 0.6) is 0 Å². The van der Waals surface area contributed by atoms with E-state index in [0.29, 0.717) is 10.9 Å². The van der Waals surface area contributed by atoms with Crippen molar-refractivity contribution in [2.45, 2.75) is 25.9 Å². The van der Waals surface area contributed by atoms with E-state index >= 15 is 0 Å². The van der Waals surface area contributed by atoms with Gasteiger partial charge in [-0.2, -0.15) is 0 Å². The molecule has 2 rings (SSSR count). The first-order valence-corrected chi connectivity index (χ1v) is 7.41. The topological polar surface area (TPSA) is 20.2 Å². The summed E-state index contributed by atoms with van der Waals surface area (Å²) < 4.78 is 13.9. The van der Waals surface area contributed by atoms with Crippen LogP contribution in [0.4, 0.5) is 4.39 Å². The van der Waals surface area contributed by atoms with Gasteiger partial charge in [-0.1, -0.05) is 22.9 Å². The van der Waals surface area contributed by atoms with Crippen LogP contribution in [0, 0.1) is 5.82 Å². The van der Waals surface area contributed by atoms with E-state index in [2.05, 4.69) is 22.9 Å². The minimum absolute atomic E-state index is 0.285. The molecule has 2 aromatic rings. The summed E-state index contributed by atoms with van der Waals surface area (Å²) in [5.41, 5.74) is 0.792. The summed E-state index contributed by atoms with van der Waals surface area (Å²) in [6.45, 7) is 2.09. The second-order valence-corrected chi connectivity index (χ2v) is 6.27. The largest absolute Gasteiger partial charge is 0.387 e. The molecular weight excluding hydrogens is 315 g/mol. The maximum atomic E-state index is 13.2. The SMILES string of the molecule is CCc1ccc(C(O)Cc2cc(F)cc(Br)c2)s1. The molecular formula is C14H14BrFOS. The highest BCUT2D eigenvalue weighted by Crippen LogP contribution is 2.27. The highest BCUT2D eigenvalue weighted by Gasteiger charge is 2.12. The highest BCUT2D eigenvalue weighted by molar-refractivity contribution is 9.10. The van der Waals surface area contributed by atoms with E-state index in [1.54, 1.807) is 11.3 Å². The van der Waals surface area contributed by atoms with E-state index in [1.165, 1.54) is 17.0 Å². The molecule has 0 radical (unpaired) electrons. The molecule has 18 heavy (non-hydrogen) atoms. The molecule has 1 aromatic carbocycles. The van der Waals surface area contributed by atoms with E-state index in [9.17, 15) is 9.50 Å². The number of benzene rings is 1. The summed E-state index contributed by atoms with van der Waals surface area (Å²) in [6, 6.07) is 8.69. The number of halogens is 2. The van der Waals surface area contributed by atoms with Gasteiger partial charge in [0.25, 0.3) is 0 Å². The quantitative estimate of drug-likeness (QED) is 0.876. The van der Waals surface area contributed by atoms with Crippen molar-refractivity contribution in [3.8, 4) is 0 Å². The summed E-state index contributed by atoms with van der Waals surface area (Å²) in [6.07, 6.45) is 0.840. The Morgan fingerprint density at radius 1 is 1.33 bits per heavy atom. The van der Waals surface area contributed by atoms with Gasteiger partial charge in [-0.15, -0.1) is 11.3 Å². The Labute approximate surface area is 118 Å². The second kappa shape index (κ2) is 5.95. The maximum absolute atomic E-state index is 13.2. The fourth-order valence-electron chi connectivity index (χ4n) is 1.82. The zero-order chi connectivity index (χ0) is 13.1. The van der Waals surface area contributed by atoms with E-state index < -0.39 is 6.10 Å². The number of aryl methyl sites for hydroxylation is 1. The maximum Gasteiger partial charge on any atom is 0.124 e. The minimum Gasteiger partial charge on any atom is -0.387 e. The molecule has 1 unspecified atom stereocenters. The lowest BCUT2D eigenvalue weighted by Gasteiger charge is -2.09. The first kappa shape index (κ1) is 13.7. The Morgan fingerprint density at radius 3 is 2.72 bits per heavy atom. The van der Waals surface area contributed by atoms with Gasteiger partial charge in [-0.25, -0.2) is 4.39 Å². The van der Waals surface area contributed by atoms with Gasteiger partial charge in [-0.05, 0) is 42.3 Å². The van der Waals surface area contributed by atoms with Crippen LogP contribution >= 0.6 is 27.3 Å². The van der Waals surface area contributed by atoms with Crippen LogP contribution in [0.1, 0.15) is 28.3 Å². The fraction of sp³-hybridized carbons (Fsp3) is 0.286. The summed E-state index contributed by atoms with van der Waals surface area (Å²) in [4.78, 5) is 2.19. The number of hydrogen-bond donors (Lipinski definition) is 1. The molecule has 0 amide bonds. The lowest BCUT2D eigenvalue weighted by molar-refractivity contribution is 0.182. The van der Waals surface area contributed by atoms with Gasteiger partial charge in [0.2, 0.25) is 0 Å². The Morgan fingerprint density at radius 2 is 2.11 bits per heavy atom. The molecule has 1 nitrogen and oxygen atoms in total. The summed E-state index contributed by atoms with van der Waals surface area (Å²) >= 11 is 4.87. The first-order chi connectivity index (χ1) is 8.58. The average molecular weight is 329 g/mol. The smallest absolute Gasteiger partial charge is 0.124 e. The minimum atomic E-state index is -0.566. The van der Waals surface area contributed by atoms with Gasteiger partial charge < -0.3 is 5.11 Å². The Balaban J connectivity index is 2.12. The van der Waals surface area contributed by atoms with E-state index in [4.69, 9.17) is 0 Å². The summed E-state index contributed by atoms with van der Waals surface area (Å²) in [5.74, 6) is -0.285. The molecule has 0 saturated carbocycles. The third kappa shape index (κ3) is 3.40.